The van der Waals surface area contributed by atoms with Gasteiger partial charge in [-0.3, -0.25) is 8.98 Å². The molecule has 1 aromatic rings. The molecule has 1 atom stereocenters. The van der Waals surface area contributed by atoms with Crippen molar-refractivity contribution in [2.75, 3.05) is 26.6 Å². The van der Waals surface area contributed by atoms with Gasteiger partial charge in [0.1, 0.15) is 0 Å². The first kappa shape index (κ1) is 22.3. The number of unbranched alkanes of at least 4 members (excludes halogenated alkanes) is 2. The van der Waals surface area contributed by atoms with E-state index in [9.17, 15) is 18.0 Å². The summed E-state index contributed by atoms with van der Waals surface area (Å²) < 4.78 is 36.7. The zero-order valence-corrected chi connectivity index (χ0v) is 16.2. The highest BCUT2D eigenvalue weighted by Crippen LogP contribution is 2.12. The van der Waals surface area contributed by atoms with Crippen LogP contribution in [0.3, 0.4) is 0 Å². The molecule has 0 bridgehead atoms. The van der Waals surface area contributed by atoms with E-state index in [0.717, 1.165) is 11.8 Å². The molecule has 0 saturated heterocycles. The van der Waals surface area contributed by atoms with Gasteiger partial charge in [-0.05, 0) is 37.8 Å². The van der Waals surface area contributed by atoms with Crippen molar-refractivity contribution in [1.82, 2.24) is 0 Å². The van der Waals surface area contributed by atoms with Crippen molar-refractivity contribution < 1.29 is 31.7 Å². The van der Waals surface area contributed by atoms with Crippen LogP contribution in [-0.2, 0) is 35.0 Å². The minimum absolute atomic E-state index is 0.0429. The Labute approximate surface area is 154 Å². The van der Waals surface area contributed by atoms with E-state index in [1.54, 1.807) is 18.2 Å². The van der Waals surface area contributed by atoms with E-state index < -0.39 is 22.2 Å². The molecule has 1 unspecified atom stereocenters. The Morgan fingerprint density at radius 2 is 1.81 bits per heavy atom. The minimum Gasteiger partial charge on any atom is -0.467 e. The Morgan fingerprint density at radius 3 is 2.42 bits per heavy atom. The first-order valence-electron chi connectivity index (χ1n) is 8.36. The standard InChI is InChI=1S/C18H26O7S/c1-14(19)16-9-7-8-15(12-16)13-17(18(20)23-2)24-10-5-4-6-11-25-26(3,21)22/h7-9,12,17H,4-6,10-11,13H2,1-3H3. The van der Waals surface area contributed by atoms with Crippen LogP contribution in [0.1, 0.15) is 42.1 Å². The smallest absolute Gasteiger partial charge is 0.335 e. The molecule has 0 fully saturated rings. The molecular formula is C18H26O7S. The van der Waals surface area contributed by atoms with E-state index in [4.69, 9.17) is 9.47 Å². The fourth-order valence-corrected chi connectivity index (χ4v) is 2.71. The van der Waals surface area contributed by atoms with Crippen LogP contribution >= 0.6 is 0 Å². The van der Waals surface area contributed by atoms with Crippen LogP contribution in [0, 0.1) is 0 Å². The molecule has 1 aromatic carbocycles. The van der Waals surface area contributed by atoms with Crippen molar-refractivity contribution in [3.8, 4) is 0 Å². The van der Waals surface area contributed by atoms with Crippen molar-refractivity contribution in [2.24, 2.45) is 0 Å². The number of hydrogen-bond donors (Lipinski definition) is 0. The molecule has 0 aliphatic carbocycles. The lowest BCUT2D eigenvalue weighted by Crippen LogP contribution is -2.28. The molecule has 0 aliphatic heterocycles. The number of ether oxygens (including phenoxy) is 2. The Hall–Kier alpha value is -1.77. The van der Waals surface area contributed by atoms with Gasteiger partial charge in [0.05, 0.1) is 20.0 Å². The van der Waals surface area contributed by atoms with Crippen molar-refractivity contribution in [2.45, 2.75) is 38.7 Å². The number of ketones is 1. The first-order valence-corrected chi connectivity index (χ1v) is 10.2. The number of Topliss-reactive ketones (excluding diaryl/α,β-unsaturated/α-hetero) is 1. The minimum atomic E-state index is -3.41. The predicted molar refractivity (Wildman–Crippen MR) is 96.6 cm³/mol. The van der Waals surface area contributed by atoms with Gasteiger partial charge in [-0.2, -0.15) is 8.42 Å². The van der Waals surface area contributed by atoms with Gasteiger partial charge in [0.25, 0.3) is 10.1 Å². The van der Waals surface area contributed by atoms with E-state index in [-0.39, 0.29) is 12.4 Å². The number of hydrogen-bond acceptors (Lipinski definition) is 7. The zero-order valence-electron chi connectivity index (χ0n) is 15.4. The molecule has 0 N–H and O–H groups in total. The largest absolute Gasteiger partial charge is 0.467 e. The van der Waals surface area contributed by atoms with Crippen LogP contribution < -0.4 is 0 Å². The number of carbonyl (C=O) groups excluding carboxylic acids is 2. The molecule has 7 nitrogen and oxygen atoms in total. The number of benzene rings is 1. The van der Waals surface area contributed by atoms with E-state index in [0.29, 0.717) is 37.9 Å². The third-order valence-corrected chi connectivity index (χ3v) is 4.22. The molecular weight excluding hydrogens is 360 g/mol. The van der Waals surface area contributed by atoms with Gasteiger partial charge in [-0.25, -0.2) is 4.79 Å². The van der Waals surface area contributed by atoms with E-state index >= 15 is 0 Å². The van der Waals surface area contributed by atoms with E-state index in [1.165, 1.54) is 14.0 Å². The Morgan fingerprint density at radius 1 is 1.12 bits per heavy atom. The maximum Gasteiger partial charge on any atom is 0.335 e. The normalized spacial score (nSPS) is 12.6. The third kappa shape index (κ3) is 9.07. The molecule has 8 heteroatoms. The lowest BCUT2D eigenvalue weighted by molar-refractivity contribution is -0.154. The van der Waals surface area contributed by atoms with Gasteiger partial charge >= 0.3 is 5.97 Å². The van der Waals surface area contributed by atoms with Crippen LogP contribution in [0.15, 0.2) is 24.3 Å². The zero-order chi connectivity index (χ0) is 19.6. The van der Waals surface area contributed by atoms with Gasteiger partial charge in [0, 0.05) is 18.6 Å². The Bertz CT molecular complexity index is 697. The molecule has 0 radical (unpaired) electrons. The second-order valence-corrected chi connectivity index (χ2v) is 7.57. The molecule has 0 aromatic heterocycles. The predicted octanol–water partition coefficient (Wildman–Crippen LogP) is 2.14. The van der Waals surface area contributed by atoms with Crippen molar-refractivity contribution in [3.63, 3.8) is 0 Å². The van der Waals surface area contributed by atoms with Crippen molar-refractivity contribution in [3.05, 3.63) is 35.4 Å². The number of rotatable bonds is 12. The summed E-state index contributed by atoms with van der Waals surface area (Å²) in [6, 6.07) is 7.05. The van der Waals surface area contributed by atoms with Crippen molar-refractivity contribution >= 4 is 21.9 Å². The maximum absolute atomic E-state index is 11.9. The quantitative estimate of drug-likeness (QED) is 0.235. The average molecular weight is 386 g/mol. The lowest BCUT2D eigenvalue weighted by atomic mass is 10.0. The molecule has 0 amide bonds. The molecule has 0 saturated carbocycles. The van der Waals surface area contributed by atoms with E-state index in [1.807, 2.05) is 6.07 Å². The molecule has 146 valence electrons. The summed E-state index contributed by atoms with van der Waals surface area (Å²) in [4.78, 5) is 23.4. The van der Waals surface area contributed by atoms with Gasteiger partial charge < -0.3 is 9.47 Å². The number of esters is 1. The first-order chi connectivity index (χ1) is 12.2. The monoisotopic (exact) mass is 386 g/mol. The van der Waals surface area contributed by atoms with Crippen LogP contribution in [0.4, 0.5) is 0 Å². The molecule has 0 aliphatic rings. The van der Waals surface area contributed by atoms with Gasteiger partial charge in [0.2, 0.25) is 0 Å². The lowest BCUT2D eigenvalue weighted by Gasteiger charge is -2.16. The van der Waals surface area contributed by atoms with Crippen LogP contribution in [0.2, 0.25) is 0 Å². The molecule has 0 heterocycles. The third-order valence-electron chi connectivity index (χ3n) is 3.62. The highest BCUT2D eigenvalue weighted by Gasteiger charge is 2.20. The summed E-state index contributed by atoms with van der Waals surface area (Å²) in [5.74, 6) is -0.516. The Balaban J connectivity index is 2.46. The van der Waals surface area contributed by atoms with Crippen LogP contribution in [0.25, 0.3) is 0 Å². The SMILES string of the molecule is COC(=O)C(Cc1cccc(C(C)=O)c1)OCCCCCOS(C)(=O)=O. The maximum atomic E-state index is 11.9. The summed E-state index contributed by atoms with van der Waals surface area (Å²) in [6.45, 7) is 1.96. The van der Waals surface area contributed by atoms with Gasteiger partial charge in [-0.15, -0.1) is 0 Å². The van der Waals surface area contributed by atoms with Crippen molar-refractivity contribution in [1.29, 1.82) is 0 Å². The number of methoxy groups -OCH3 is 1. The Kier molecular flexibility index (Phi) is 9.47. The highest BCUT2D eigenvalue weighted by atomic mass is 32.2. The number of carbonyl (C=O) groups is 2. The average Bonchev–Trinajstić information content (AvgIpc) is 2.58. The molecule has 1 rings (SSSR count). The second kappa shape index (κ2) is 11.1. The molecule has 0 spiro atoms. The topological polar surface area (TPSA) is 96.0 Å². The van der Waals surface area contributed by atoms with Gasteiger partial charge in [-0.1, -0.05) is 18.2 Å². The summed E-state index contributed by atoms with van der Waals surface area (Å²) in [6.07, 6.45) is 2.52. The summed E-state index contributed by atoms with van der Waals surface area (Å²) >= 11 is 0. The fraction of sp³-hybridized carbons (Fsp3) is 0.556. The second-order valence-electron chi connectivity index (χ2n) is 5.93. The highest BCUT2D eigenvalue weighted by molar-refractivity contribution is 7.85. The van der Waals surface area contributed by atoms with Crippen LogP contribution in [-0.4, -0.2) is 52.9 Å². The fourth-order valence-electron chi connectivity index (χ4n) is 2.29. The summed E-state index contributed by atoms with van der Waals surface area (Å²) in [5.41, 5.74) is 1.40. The van der Waals surface area contributed by atoms with Crippen LogP contribution in [0.5, 0.6) is 0 Å². The van der Waals surface area contributed by atoms with E-state index in [2.05, 4.69) is 4.18 Å². The van der Waals surface area contributed by atoms with Gasteiger partial charge in [0.15, 0.2) is 11.9 Å². The molecule has 26 heavy (non-hydrogen) atoms. The summed E-state index contributed by atoms with van der Waals surface area (Å²) in [5, 5.41) is 0. The summed E-state index contributed by atoms with van der Waals surface area (Å²) in [7, 11) is -2.11.